The van der Waals surface area contributed by atoms with Gasteiger partial charge in [-0.05, 0) is 105 Å². The first-order valence-electron chi connectivity index (χ1n) is 10.6. The van der Waals surface area contributed by atoms with Crippen molar-refractivity contribution < 1.29 is 10.2 Å². The molecule has 2 nitrogen and oxygen atoms in total. The van der Waals surface area contributed by atoms with Crippen LogP contribution < -0.4 is 0 Å². The van der Waals surface area contributed by atoms with Crippen LogP contribution in [0.4, 0.5) is 0 Å². The van der Waals surface area contributed by atoms with E-state index in [1.165, 1.54) is 38.5 Å². The van der Waals surface area contributed by atoms with E-state index < -0.39 is 5.60 Å². The molecule has 0 saturated heterocycles. The van der Waals surface area contributed by atoms with Gasteiger partial charge < -0.3 is 10.2 Å². The Bertz CT molecular complexity index is 577. The molecule has 0 spiro atoms. The van der Waals surface area contributed by atoms with Crippen LogP contribution in [0.1, 0.15) is 78.6 Å². The first-order valence-corrected chi connectivity index (χ1v) is 10.6. The molecule has 0 radical (unpaired) electrons. The van der Waals surface area contributed by atoms with Gasteiger partial charge in [-0.25, -0.2) is 0 Å². The lowest BCUT2D eigenvalue weighted by Crippen LogP contribution is -2.56. The van der Waals surface area contributed by atoms with Gasteiger partial charge in [0, 0.05) is 0 Å². The minimum Gasteiger partial charge on any atom is -0.393 e. The molecule has 4 aliphatic carbocycles. The van der Waals surface area contributed by atoms with Gasteiger partial charge in [-0.3, -0.25) is 0 Å². The SMILES string of the molecule is C#C[C@@]1(O)CC[C@@]2(C)[C@@H](CC[C@@H]3[C@@H]2CC[C@]2(C)[C@@H]([C@H](C)O)CC[C@@H]32)C1. The van der Waals surface area contributed by atoms with Crippen LogP contribution >= 0.6 is 0 Å². The maximum Gasteiger partial charge on any atom is 0.125 e. The zero-order valence-corrected chi connectivity index (χ0v) is 16.3. The third-order valence-corrected chi connectivity index (χ3v) is 9.65. The van der Waals surface area contributed by atoms with Crippen LogP contribution in [-0.2, 0) is 0 Å². The van der Waals surface area contributed by atoms with Crippen molar-refractivity contribution >= 4 is 0 Å². The molecule has 0 aromatic rings. The van der Waals surface area contributed by atoms with Crippen molar-refractivity contribution in [2.75, 3.05) is 0 Å². The van der Waals surface area contributed by atoms with E-state index in [4.69, 9.17) is 6.42 Å². The number of fused-ring (bicyclic) bond motifs is 5. The quantitative estimate of drug-likeness (QED) is 0.693. The molecule has 2 N–H and O–H groups in total. The second-order valence-electron chi connectivity index (χ2n) is 10.5. The lowest BCUT2D eigenvalue weighted by molar-refractivity contribution is -0.142. The molecule has 4 aliphatic rings. The van der Waals surface area contributed by atoms with Gasteiger partial charge in [-0.1, -0.05) is 19.8 Å². The monoisotopic (exact) mass is 344 g/mol. The summed E-state index contributed by atoms with van der Waals surface area (Å²) in [4.78, 5) is 0. The fraction of sp³-hybridized carbons (Fsp3) is 0.913. The first kappa shape index (κ1) is 17.9. The van der Waals surface area contributed by atoms with Crippen molar-refractivity contribution in [3.05, 3.63) is 0 Å². The summed E-state index contributed by atoms with van der Waals surface area (Å²) >= 11 is 0. The zero-order chi connectivity index (χ0) is 18.0. The lowest BCUT2D eigenvalue weighted by Gasteiger charge is -2.61. The minimum atomic E-state index is -0.856. The van der Waals surface area contributed by atoms with Crippen LogP contribution in [-0.4, -0.2) is 21.9 Å². The summed E-state index contributed by atoms with van der Waals surface area (Å²) in [6.45, 7) is 6.99. The Morgan fingerprint density at radius 1 is 0.960 bits per heavy atom. The summed E-state index contributed by atoms with van der Waals surface area (Å²) in [7, 11) is 0. The van der Waals surface area contributed by atoms with Crippen LogP contribution in [0.15, 0.2) is 0 Å². The molecule has 4 saturated carbocycles. The Hall–Kier alpha value is -0.520. The molecule has 0 aromatic carbocycles. The van der Waals surface area contributed by atoms with Gasteiger partial charge in [-0.2, -0.15) is 0 Å². The number of rotatable bonds is 1. The summed E-state index contributed by atoms with van der Waals surface area (Å²) in [5.41, 5.74) is -0.159. The molecule has 25 heavy (non-hydrogen) atoms. The largest absolute Gasteiger partial charge is 0.393 e. The smallest absolute Gasteiger partial charge is 0.125 e. The van der Waals surface area contributed by atoms with E-state index in [2.05, 4.69) is 19.8 Å². The molecule has 0 unspecified atom stereocenters. The number of terminal acetylenes is 1. The highest BCUT2D eigenvalue weighted by Crippen LogP contribution is 2.68. The molecule has 4 fully saturated rings. The predicted molar refractivity (Wildman–Crippen MR) is 101 cm³/mol. The van der Waals surface area contributed by atoms with Gasteiger partial charge in [0.1, 0.15) is 5.60 Å². The zero-order valence-electron chi connectivity index (χ0n) is 16.3. The topological polar surface area (TPSA) is 40.5 Å². The maximum atomic E-state index is 10.7. The molecule has 2 heteroatoms. The average molecular weight is 345 g/mol. The highest BCUT2D eigenvalue weighted by molar-refractivity contribution is 5.16. The fourth-order valence-corrected chi connectivity index (χ4v) is 8.21. The molecule has 0 aromatic heterocycles. The summed E-state index contributed by atoms with van der Waals surface area (Å²) < 4.78 is 0. The first-order chi connectivity index (χ1) is 11.7. The van der Waals surface area contributed by atoms with E-state index in [1.54, 1.807) is 0 Å². The van der Waals surface area contributed by atoms with Gasteiger partial charge in [-0.15, -0.1) is 6.42 Å². The van der Waals surface area contributed by atoms with Crippen molar-refractivity contribution in [2.45, 2.75) is 90.3 Å². The Morgan fingerprint density at radius 3 is 2.36 bits per heavy atom. The fourth-order valence-electron chi connectivity index (χ4n) is 8.21. The molecular formula is C23H36O2. The third-order valence-electron chi connectivity index (χ3n) is 9.65. The predicted octanol–water partition coefficient (Wildman–Crippen LogP) is 4.39. The average Bonchev–Trinajstić information content (AvgIpc) is 2.93. The normalized spacial score (nSPS) is 56.2. The molecule has 9 atom stereocenters. The van der Waals surface area contributed by atoms with Crippen LogP contribution in [0.5, 0.6) is 0 Å². The van der Waals surface area contributed by atoms with Crippen LogP contribution in [0.2, 0.25) is 0 Å². The number of aliphatic hydroxyl groups is 2. The van der Waals surface area contributed by atoms with Crippen LogP contribution in [0.25, 0.3) is 0 Å². The van der Waals surface area contributed by atoms with Gasteiger partial charge >= 0.3 is 0 Å². The highest BCUT2D eigenvalue weighted by Gasteiger charge is 2.61. The van der Waals surface area contributed by atoms with Gasteiger partial charge in [0.05, 0.1) is 6.10 Å². The van der Waals surface area contributed by atoms with Gasteiger partial charge in [0.15, 0.2) is 0 Å². The molecule has 140 valence electrons. The number of hydrogen-bond acceptors (Lipinski definition) is 2. The van der Waals surface area contributed by atoms with E-state index in [0.29, 0.717) is 22.7 Å². The summed E-state index contributed by atoms with van der Waals surface area (Å²) in [6, 6.07) is 0. The molecule has 0 heterocycles. The number of aliphatic hydroxyl groups excluding tert-OH is 1. The Kier molecular flexibility index (Phi) is 4.10. The second-order valence-corrected chi connectivity index (χ2v) is 10.5. The maximum absolute atomic E-state index is 10.7. The standard InChI is InChI=1S/C23H36O2/c1-5-23(25)13-12-21(3)16(14-23)6-7-17-19-9-8-18(15(2)24)22(19,4)11-10-20(17)21/h1,15-20,24-25H,6-14H2,2-4H3/t15-,16-,17-,18+,19-,20-,21-,22+,23+/m0/s1. The van der Waals surface area contributed by atoms with Crippen molar-refractivity contribution in [1.82, 2.24) is 0 Å². The molecule has 4 rings (SSSR count). The third kappa shape index (κ3) is 2.45. The Morgan fingerprint density at radius 2 is 1.68 bits per heavy atom. The number of hydrogen-bond donors (Lipinski definition) is 2. The summed E-state index contributed by atoms with van der Waals surface area (Å²) in [5.74, 6) is 6.16. The molecular weight excluding hydrogens is 308 g/mol. The van der Waals surface area contributed by atoms with E-state index >= 15 is 0 Å². The van der Waals surface area contributed by atoms with Gasteiger partial charge in [0.25, 0.3) is 0 Å². The molecule has 0 amide bonds. The molecule has 0 bridgehead atoms. The van der Waals surface area contributed by atoms with E-state index in [0.717, 1.165) is 37.0 Å². The highest BCUT2D eigenvalue weighted by atomic mass is 16.3. The van der Waals surface area contributed by atoms with E-state index in [-0.39, 0.29) is 6.10 Å². The minimum absolute atomic E-state index is 0.168. The van der Waals surface area contributed by atoms with Crippen molar-refractivity contribution in [1.29, 1.82) is 0 Å². The van der Waals surface area contributed by atoms with Gasteiger partial charge in [0.2, 0.25) is 0 Å². The Labute approximate surface area is 153 Å². The lowest BCUT2D eigenvalue weighted by atomic mass is 9.44. The van der Waals surface area contributed by atoms with E-state index in [1.807, 2.05) is 6.92 Å². The second kappa shape index (κ2) is 5.74. The van der Waals surface area contributed by atoms with Crippen molar-refractivity contribution in [3.63, 3.8) is 0 Å². The van der Waals surface area contributed by atoms with Crippen LogP contribution in [0.3, 0.4) is 0 Å². The van der Waals surface area contributed by atoms with Crippen LogP contribution in [0, 0.1) is 52.8 Å². The Balaban J connectivity index is 1.59. The summed E-state index contributed by atoms with van der Waals surface area (Å²) in [5, 5.41) is 21.0. The molecule has 0 aliphatic heterocycles. The summed E-state index contributed by atoms with van der Waals surface area (Å²) in [6.07, 6.45) is 15.8. The van der Waals surface area contributed by atoms with Crippen molar-refractivity contribution in [3.8, 4) is 12.3 Å². The van der Waals surface area contributed by atoms with Crippen molar-refractivity contribution in [2.24, 2.45) is 40.4 Å². The van der Waals surface area contributed by atoms with E-state index in [9.17, 15) is 10.2 Å².